The first-order chi connectivity index (χ1) is 22.6. The van der Waals surface area contributed by atoms with Crippen molar-refractivity contribution < 1.29 is 46.1 Å². The number of fused-ring (bicyclic) bond motifs is 2. The molecule has 1 aliphatic heterocycles. The maximum absolute atomic E-state index is 16.2. The number of halogens is 5. The van der Waals surface area contributed by atoms with E-state index in [0.717, 1.165) is 18.9 Å². The summed E-state index contributed by atoms with van der Waals surface area (Å²) in [7, 11) is 1.44. The van der Waals surface area contributed by atoms with E-state index >= 15 is 4.39 Å². The van der Waals surface area contributed by atoms with Crippen molar-refractivity contribution in [3.8, 4) is 22.8 Å². The summed E-state index contributed by atoms with van der Waals surface area (Å²) in [4.78, 5) is 30.5. The molecule has 3 aliphatic rings. The molecule has 0 unspecified atom stereocenters. The van der Waals surface area contributed by atoms with Gasteiger partial charge in [-0.25, -0.2) is 13.8 Å². The fraction of sp³-hybridized carbons (Fsp3) is 0.394. The second kappa shape index (κ2) is 10.6. The van der Waals surface area contributed by atoms with Crippen LogP contribution in [0, 0.1) is 5.82 Å². The lowest BCUT2D eigenvalue weighted by Gasteiger charge is -2.33. The van der Waals surface area contributed by atoms with Crippen LogP contribution in [-0.4, -0.2) is 57.6 Å². The average Bonchev–Trinajstić information content (AvgIpc) is 3.96. The van der Waals surface area contributed by atoms with Crippen LogP contribution in [0.3, 0.4) is 0 Å². The molecule has 2 fully saturated rings. The van der Waals surface area contributed by atoms with Gasteiger partial charge in [0.25, 0.3) is 5.91 Å². The first-order valence-corrected chi connectivity index (χ1v) is 15.2. The smallest absolute Gasteiger partial charge is 0.419 e. The van der Waals surface area contributed by atoms with Gasteiger partial charge in [-0.2, -0.15) is 18.3 Å². The molecule has 15 heteroatoms. The number of nitrogens with one attached hydrogen (secondary N) is 1. The lowest BCUT2D eigenvalue weighted by Crippen LogP contribution is -2.49. The Morgan fingerprint density at radius 2 is 1.92 bits per heavy atom. The Morgan fingerprint density at radius 3 is 2.54 bits per heavy atom. The standard InChI is InChI=1S/C33H30F5N5O5/c1-30(29(39)45)15-48-27-21(30)12-24(41-26(27)16-3-6-22(34)20(10-16)33(36,37)38)32(46,31(35)7-8-31)14-40-28(44)17-9-18-13-43(19-4-5-19)42-25(18)23(11-17)47-2/h3,6,9-13,19,46H,4-5,7-8,14-15H2,1-2H3,(H2,39,45)(H,40,44)/t30-,32-/m0/s1. The summed E-state index contributed by atoms with van der Waals surface area (Å²) in [5, 5.41) is 19.8. The van der Waals surface area contributed by atoms with Gasteiger partial charge >= 0.3 is 6.18 Å². The lowest BCUT2D eigenvalue weighted by molar-refractivity contribution is -0.140. The number of carbonyl (C=O) groups is 2. The molecule has 2 aliphatic carbocycles. The Morgan fingerprint density at radius 1 is 1.19 bits per heavy atom. The van der Waals surface area contributed by atoms with Crippen molar-refractivity contribution >= 4 is 22.7 Å². The molecule has 2 aromatic carbocycles. The van der Waals surface area contributed by atoms with E-state index in [-0.39, 0.29) is 59.3 Å². The summed E-state index contributed by atoms with van der Waals surface area (Å²) in [5.41, 5.74) is -2.45. The van der Waals surface area contributed by atoms with Crippen molar-refractivity contribution in [1.29, 1.82) is 0 Å². The van der Waals surface area contributed by atoms with E-state index < -0.39 is 52.6 Å². The minimum Gasteiger partial charge on any atom is -0.494 e. The number of primary amides is 1. The summed E-state index contributed by atoms with van der Waals surface area (Å²) in [5.74, 6) is -2.85. The van der Waals surface area contributed by atoms with Gasteiger partial charge in [0.1, 0.15) is 46.2 Å². The predicted molar refractivity (Wildman–Crippen MR) is 161 cm³/mol. The Bertz CT molecular complexity index is 2010. The zero-order chi connectivity index (χ0) is 34.4. The maximum Gasteiger partial charge on any atom is 0.419 e. The highest BCUT2D eigenvalue weighted by Crippen LogP contribution is 2.55. The van der Waals surface area contributed by atoms with Gasteiger partial charge in [0.2, 0.25) is 5.91 Å². The first-order valence-electron chi connectivity index (χ1n) is 15.2. The van der Waals surface area contributed by atoms with Crippen molar-refractivity contribution in [3.63, 3.8) is 0 Å². The number of aromatic nitrogens is 3. The van der Waals surface area contributed by atoms with E-state index in [4.69, 9.17) is 15.2 Å². The van der Waals surface area contributed by atoms with Crippen LogP contribution in [0.25, 0.3) is 22.2 Å². The van der Waals surface area contributed by atoms with E-state index in [9.17, 15) is 32.3 Å². The number of rotatable bonds is 9. The van der Waals surface area contributed by atoms with E-state index in [1.165, 1.54) is 26.2 Å². The molecule has 0 spiro atoms. The third kappa shape index (κ3) is 5.02. The van der Waals surface area contributed by atoms with E-state index in [2.05, 4.69) is 15.4 Å². The number of methoxy groups -OCH3 is 1. The molecule has 7 rings (SSSR count). The van der Waals surface area contributed by atoms with E-state index in [1.54, 1.807) is 12.3 Å². The van der Waals surface area contributed by atoms with Gasteiger partial charge in [-0.15, -0.1) is 0 Å². The number of amides is 2. The van der Waals surface area contributed by atoms with Gasteiger partial charge < -0.3 is 25.6 Å². The number of nitrogens with two attached hydrogens (primary N) is 1. The van der Waals surface area contributed by atoms with Crippen molar-refractivity contribution in [2.24, 2.45) is 5.73 Å². The number of nitrogens with zero attached hydrogens (tertiary/aromatic N) is 3. The number of benzene rings is 2. The van der Waals surface area contributed by atoms with Crippen molar-refractivity contribution in [1.82, 2.24) is 20.1 Å². The molecular formula is C33H30F5N5O5. The molecule has 0 bridgehead atoms. The SMILES string of the molecule is COc1cc(C(=O)NC[C@](O)(c2cc3c(c(-c4ccc(F)c(C(F)(F)F)c4)n2)OC[C@]3(C)C(N)=O)C2(F)CC2)cc2cn(C3CC3)nc12. The molecule has 2 aromatic heterocycles. The van der Waals surface area contributed by atoms with Crippen LogP contribution in [0.1, 0.15) is 65.8 Å². The topological polar surface area (TPSA) is 142 Å². The van der Waals surface area contributed by atoms with Crippen LogP contribution in [0.15, 0.2) is 42.6 Å². The van der Waals surface area contributed by atoms with E-state index in [1.807, 2.05) is 4.68 Å². The van der Waals surface area contributed by atoms with Crippen LogP contribution < -0.4 is 20.5 Å². The van der Waals surface area contributed by atoms with Crippen molar-refractivity contribution in [3.05, 3.63) is 70.8 Å². The Kier molecular flexibility index (Phi) is 7.02. The zero-order valence-electron chi connectivity index (χ0n) is 25.8. The van der Waals surface area contributed by atoms with Gasteiger partial charge in [0.05, 0.1) is 31.0 Å². The van der Waals surface area contributed by atoms with Crippen molar-refractivity contribution in [2.75, 3.05) is 20.3 Å². The molecule has 0 saturated heterocycles. The average molecular weight is 672 g/mol. The normalized spacial score (nSPS) is 20.9. The van der Waals surface area contributed by atoms with Crippen LogP contribution in [0.2, 0.25) is 0 Å². The first kappa shape index (κ1) is 31.8. The van der Waals surface area contributed by atoms with Gasteiger partial charge in [-0.05, 0) is 69.0 Å². The van der Waals surface area contributed by atoms with E-state index in [0.29, 0.717) is 28.8 Å². The monoisotopic (exact) mass is 671 g/mol. The largest absolute Gasteiger partial charge is 0.494 e. The van der Waals surface area contributed by atoms with Gasteiger partial charge in [-0.3, -0.25) is 14.3 Å². The second-order valence-electron chi connectivity index (χ2n) is 12.9. The summed E-state index contributed by atoms with van der Waals surface area (Å²) >= 11 is 0. The summed E-state index contributed by atoms with van der Waals surface area (Å²) < 4.78 is 84.5. The maximum atomic E-state index is 16.2. The molecule has 252 valence electrons. The third-order valence-corrected chi connectivity index (χ3v) is 9.51. The minimum absolute atomic E-state index is 0.0461. The van der Waals surface area contributed by atoms with Crippen LogP contribution >= 0.6 is 0 Å². The highest BCUT2D eigenvalue weighted by molar-refractivity contribution is 6.00. The lowest BCUT2D eigenvalue weighted by atomic mass is 9.80. The summed E-state index contributed by atoms with van der Waals surface area (Å²) in [6.45, 7) is 0.403. The fourth-order valence-corrected chi connectivity index (χ4v) is 6.13. The van der Waals surface area contributed by atoms with Crippen LogP contribution in [-0.2, 0) is 22.0 Å². The van der Waals surface area contributed by atoms with Gasteiger partial charge in [-0.1, -0.05) is 0 Å². The minimum atomic E-state index is -5.06. The molecule has 2 atom stereocenters. The quantitative estimate of drug-likeness (QED) is 0.216. The molecule has 2 amide bonds. The van der Waals surface area contributed by atoms with Crippen molar-refractivity contribution in [2.45, 2.75) is 61.5 Å². The number of ether oxygens (including phenoxy) is 2. The van der Waals surface area contributed by atoms with Crippen LogP contribution in [0.4, 0.5) is 22.0 Å². The Hall–Kier alpha value is -4.79. The molecule has 4 aromatic rings. The molecule has 48 heavy (non-hydrogen) atoms. The molecule has 2 saturated carbocycles. The molecule has 3 heterocycles. The summed E-state index contributed by atoms with van der Waals surface area (Å²) in [6.07, 6.45) is -1.52. The third-order valence-electron chi connectivity index (χ3n) is 9.51. The Balaban J connectivity index is 1.30. The second-order valence-corrected chi connectivity index (χ2v) is 12.9. The fourth-order valence-electron chi connectivity index (χ4n) is 6.13. The highest BCUT2D eigenvalue weighted by Gasteiger charge is 2.62. The molecule has 10 nitrogen and oxygen atoms in total. The number of hydrogen-bond donors (Lipinski definition) is 3. The number of alkyl halides is 4. The number of carbonyl (C=O) groups excluding carboxylic acids is 2. The number of aliphatic hydroxyl groups is 1. The number of pyridine rings is 1. The molecule has 0 radical (unpaired) electrons. The molecular weight excluding hydrogens is 641 g/mol. The predicted octanol–water partition coefficient (Wildman–Crippen LogP) is 4.85. The summed E-state index contributed by atoms with van der Waals surface area (Å²) in [6, 6.07) is 6.70. The highest BCUT2D eigenvalue weighted by atomic mass is 19.4. The van der Waals surface area contributed by atoms with Gasteiger partial charge in [0.15, 0.2) is 5.60 Å². The Labute approximate surface area is 270 Å². The molecule has 4 N–H and O–H groups in total. The number of hydrogen-bond acceptors (Lipinski definition) is 7. The zero-order valence-corrected chi connectivity index (χ0v) is 25.8. The van der Waals surface area contributed by atoms with Gasteiger partial charge in [0, 0.05) is 28.3 Å². The van der Waals surface area contributed by atoms with Crippen LogP contribution in [0.5, 0.6) is 11.5 Å².